The van der Waals surface area contributed by atoms with E-state index < -0.39 is 0 Å². The molecule has 0 amide bonds. The van der Waals surface area contributed by atoms with Gasteiger partial charge in [-0.15, -0.1) is 0 Å². The van der Waals surface area contributed by atoms with Crippen molar-refractivity contribution >= 4 is 5.69 Å². The van der Waals surface area contributed by atoms with Gasteiger partial charge in [0.05, 0.1) is 0 Å². The lowest BCUT2D eigenvalue weighted by Gasteiger charge is -2.10. The molecule has 0 spiro atoms. The Bertz CT molecular complexity index is 983. The molecule has 4 rings (SSSR count). The molecule has 0 aromatic heterocycles. The van der Waals surface area contributed by atoms with Crippen LogP contribution in [0.4, 0.5) is 5.69 Å². The van der Waals surface area contributed by atoms with Gasteiger partial charge in [0.25, 0.3) is 0 Å². The van der Waals surface area contributed by atoms with Crippen molar-refractivity contribution in [3.05, 3.63) is 103 Å². The molecule has 0 aliphatic heterocycles. The maximum absolute atomic E-state index is 9.32. The van der Waals surface area contributed by atoms with Crippen LogP contribution in [0.2, 0.25) is 0 Å². The molecule has 0 radical (unpaired) electrons. The van der Waals surface area contributed by atoms with E-state index in [0.717, 1.165) is 22.7 Å². The van der Waals surface area contributed by atoms with E-state index in [4.69, 9.17) is 9.47 Å². The van der Waals surface area contributed by atoms with Gasteiger partial charge in [-0.05, 0) is 90.5 Å². The molecule has 5 heteroatoms. The zero-order chi connectivity index (χ0) is 20.8. The van der Waals surface area contributed by atoms with Crippen LogP contribution in [0.1, 0.15) is 5.56 Å². The highest BCUT2D eigenvalue weighted by Gasteiger charge is 2.01. The second-order valence-corrected chi connectivity index (χ2v) is 6.71. The van der Waals surface area contributed by atoms with Crippen LogP contribution in [0, 0.1) is 0 Å². The van der Waals surface area contributed by atoms with Gasteiger partial charge in [-0.1, -0.05) is 12.1 Å². The van der Waals surface area contributed by atoms with E-state index >= 15 is 0 Å². The number of anilines is 1. The van der Waals surface area contributed by atoms with E-state index in [1.54, 1.807) is 48.5 Å². The van der Waals surface area contributed by atoms with Gasteiger partial charge < -0.3 is 25.0 Å². The van der Waals surface area contributed by atoms with Gasteiger partial charge >= 0.3 is 0 Å². The summed E-state index contributed by atoms with van der Waals surface area (Å²) < 4.78 is 11.5. The highest BCUT2D eigenvalue weighted by atomic mass is 16.5. The Hall–Kier alpha value is -4.12. The van der Waals surface area contributed by atoms with Crippen molar-refractivity contribution < 1.29 is 19.7 Å². The minimum absolute atomic E-state index is 0.210. The van der Waals surface area contributed by atoms with Crippen molar-refractivity contribution in [2.75, 3.05) is 5.32 Å². The SMILES string of the molecule is Oc1ccc(Oc2ccc(CNc3ccc(Oc4ccc(O)cc4)cc3)cc2)cc1. The minimum atomic E-state index is 0.210. The number of ether oxygens (including phenoxy) is 2. The molecular formula is C25H21NO4. The average Bonchev–Trinajstić information content (AvgIpc) is 2.77. The zero-order valence-electron chi connectivity index (χ0n) is 16.2. The van der Waals surface area contributed by atoms with Crippen LogP contribution < -0.4 is 14.8 Å². The summed E-state index contributed by atoms with van der Waals surface area (Å²) in [7, 11) is 0. The number of hydrogen-bond donors (Lipinski definition) is 3. The Labute approximate surface area is 174 Å². The monoisotopic (exact) mass is 399 g/mol. The molecule has 5 nitrogen and oxygen atoms in total. The molecular weight excluding hydrogens is 378 g/mol. The van der Waals surface area contributed by atoms with E-state index in [0.29, 0.717) is 18.0 Å². The third-order valence-electron chi connectivity index (χ3n) is 4.42. The van der Waals surface area contributed by atoms with E-state index in [9.17, 15) is 10.2 Å². The molecule has 0 atom stereocenters. The van der Waals surface area contributed by atoms with Crippen molar-refractivity contribution in [1.82, 2.24) is 0 Å². The van der Waals surface area contributed by atoms with Gasteiger partial charge in [0, 0.05) is 12.2 Å². The van der Waals surface area contributed by atoms with E-state index in [1.807, 2.05) is 48.5 Å². The number of aromatic hydroxyl groups is 2. The fraction of sp³-hybridized carbons (Fsp3) is 0.0400. The maximum Gasteiger partial charge on any atom is 0.127 e. The number of benzene rings is 4. The van der Waals surface area contributed by atoms with Gasteiger partial charge in [0.15, 0.2) is 0 Å². The van der Waals surface area contributed by atoms with Crippen molar-refractivity contribution in [3.63, 3.8) is 0 Å². The molecule has 30 heavy (non-hydrogen) atoms. The van der Waals surface area contributed by atoms with Crippen LogP contribution >= 0.6 is 0 Å². The predicted molar refractivity (Wildman–Crippen MR) is 117 cm³/mol. The summed E-state index contributed by atoms with van der Waals surface area (Å²) in [5, 5.41) is 22.0. The van der Waals surface area contributed by atoms with Gasteiger partial charge in [0.2, 0.25) is 0 Å². The van der Waals surface area contributed by atoms with Gasteiger partial charge in [-0.2, -0.15) is 0 Å². The Morgan fingerprint density at radius 2 is 0.867 bits per heavy atom. The fourth-order valence-electron chi connectivity index (χ4n) is 2.82. The molecule has 4 aromatic carbocycles. The summed E-state index contributed by atoms with van der Waals surface area (Å²) in [6.07, 6.45) is 0. The van der Waals surface area contributed by atoms with Crippen molar-refractivity contribution in [1.29, 1.82) is 0 Å². The smallest absolute Gasteiger partial charge is 0.127 e. The van der Waals surface area contributed by atoms with Crippen LogP contribution in [0.15, 0.2) is 97.1 Å². The van der Waals surface area contributed by atoms with Crippen LogP contribution in [-0.2, 0) is 6.54 Å². The largest absolute Gasteiger partial charge is 0.508 e. The molecule has 4 aromatic rings. The third kappa shape index (κ3) is 5.23. The van der Waals surface area contributed by atoms with E-state index in [1.165, 1.54) is 0 Å². The quantitative estimate of drug-likeness (QED) is 0.340. The Morgan fingerprint density at radius 1 is 0.500 bits per heavy atom. The minimum Gasteiger partial charge on any atom is -0.508 e. The Morgan fingerprint density at radius 3 is 1.30 bits per heavy atom. The van der Waals surface area contributed by atoms with Crippen LogP contribution in [-0.4, -0.2) is 10.2 Å². The van der Waals surface area contributed by atoms with E-state index in [-0.39, 0.29) is 11.5 Å². The highest BCUT2D eigenvalue weighted by molar-refractivity contribution is 5.48. The second kappa shape index (κ2) is 8.92. The first kappa shape index (κ1) is 19.2. The van der Waals surface area contributed by atoms with Crippen LogP contribution in [0.5, 0.6) is 34.5 Å². The average molecular weight is 399 g/mol. The van der Waals surface area contributed by atoms with E-state index in [2.05, 4.69) is 5.32 Å². The number of phenolic OH excluding ortho intramolecular Hbond substituents is 2. The summed E-state index contributed by atoms with van der Waals surface area (Å²) in [6.45, 7) is 0.678. The lowest BCUT2D eigenvalue weighted by atomic mass is 10.2. The molecule has 0 aliphatic rings. The first-order valence-electron chi connectivity index (χ1n) is 9.51. The normalized spacial score (nSPS) is 10.4. The van der Waals surface area contributed by atoms with Gasteiger partial charge in [-0.3, -0.25) is 0 Å². The topological polar surface area (TPSA) is 71.0 Å². The summed E-state index contributed by atoms with van der Waals surface area (Å²) in [4.78, 5) is 0. The van der Waals surface area contributed by atoms with Crippen LogP contribution in [0.25, 0.3) is 0 Å². The predicted octanol–water partition coefficient (Wildman–Crippen LogP) is 6.29. The molecule has 150 valence electrons. The molecule has 0 aliphatic carbocycles. The first-order valence-corrected chi connectivity index (χ1v) is 9.51. The Kier molecular flexibility index (Phi) is 5.71. The molecule has 0 saturated heterocycles. The Balaban J connectivity index is 1.29. The number of hydrogen-bond acceptors (Lipinski definition) is 5. The van der Waals surface area contributed by atoms with Gasteiger partial charge in [-0.25, -0.2) is 0 Å². The standard InChI is InChI=1S/C25H21NO4/c27-20-5-13-24(14-6-20)29-22-9-1-18(2-10-22)17-26-19-3-11-23(12-4-19)30-25-15-7-21(28)8-16-25/h1-16,26-28H,17H2. The van der Waals surface area contributed by atoms with Crippen LogP contribution in [0.3, 0.4) is 0 Å². The molecule has 0 heterocycles. The van der Waals surface area contributed by atoms with Crippen molar-refractivity contribution in [3.8, 4) is 34.5 Å². The number of rotatable bonds is 7. The maximum atomic E-state index is 9.32. The molecule has 0 fully saturated rings. The summed E-state index contributed by atoms with van der Waals surface area (Å²) in [5.41, 5.74) is 2.11. The number of nitrogens with one attached hydrogen (secondary N) is 1. The zero-order valence-corrected chi connectivity index (χ0v) is 16.2. The molecule has 0 saturated carbocycles. The molecule has 0 unspecified atom stereocenters. The number of phenols is 2. The van der Waals surface area contributed by atoms with Crippen molar-refractivity contribution in [2.45, 2.75) is 6.54 Å². The summed E-state index contributed by atoms with van der Waals surface area (Å²) >= 11 is 0. The fourth-order valence-corrected chi connectivity index (χ4v) is 2.82. The van der Waals surface area contributed by atoms with Gasteiger partial charge in [0.1, 0.15) is 34.5 Å². The highest BCUT2D eigenvalue weighted by Crippen LogP contribution is 2.26. The molecule has 3 N–H and O–H groups in total. The molecule has 0 bridgehead atoms. The lowest BCUT2D eigenvalue weighted by Crippen LogP contribution is -1.99. The van der Waals surface area contributed by atoms with Crippen molar-refractivity contribution in [2.24, 2.45) is 0 Å². The second-order valence-electron chi connectivity index (χ2n) is 6.71. The summed E-state index contributed by atoms with van der Waals surface area (Å²) in [6, 6.07) is 28.8. The third-order valence-corrected chi connectivity index (χ3v) is 4.42. The lowest BCUT2D eigenvalue weighted by molar-refractivity contribution is 0.464. The summed E-state index contributed by atoms with van der Waals surface area (Å²) in [5.74, 6) is 3.23. The first-order chi connectivity index (χ1) is 14.6.